The van der Waals surface area contributed by atoms with Crippen molar-refractivity contribution in [3.63, 3.8) is 0 Å². The van der Waals surface area contributed by atoms with E-state index in [1.807, 2.05) is 24.3 Å². The van der Waals surface area contributed by atoms with Gasteiger partial charge >= 0.3 is 0 Å². The Bertz CT molecular complexity index is 537. The second-order valence-electron chi connectivity index (χ2n) is 4.56. The van der Waals surface area contributed by atoms with Gasteiger partial charge < -0.3 is 5.32 Å². The zero-order valence-electron chi connectivity index (χ0n) is 11.1. The maximum absolute atomic E-state index is 11.8. The lowest BCUT2D eigenvalue weighted by Gasteiger charge is -2.07. The Labute approximate surface area is 113 Å². The number of hydrogen-bond donors (Lipinski definition) is 1. The minimum absolute atomic E-state index is 0.0760. The van der Waals surface area contributed by atoms with Crippen molar-refractivity contribution in [2.24, 2.45) is 0 Å². The number of pyridine rings is 1. The van der Waals surface area contributed by atoms with Gasteiger partial charge in [0.2, 0.25) is 5.91 Å². The number of aryl methyl sites for hydroxylation is 2. The van der Waals surface area contributed by atoms with Gasteiger partial charge in [-0.05, 0) is 36.1 Å². The topological polar surface area (TPSA) is 42.0 Å². The third kappa shape index (κ3) is 4.21. The van der Waals surface area contributed by atoms with Gasteiger partial charge in [-0.3, -0.25) is 9.78 Å². The molecule has 0 saturated heterocycles. The highest BCUT2D eigenvalue weighted by atomic mass is 16.1. The molecule has 0 aliphatic heterocycles. The van der Waals surface area contributed by atoms with Gasteiger partial charge in [0.25, 0.3) is 0 Å². The van der Waals surface area contributed by atoms with Crippen molar-refractivity contribution in [2.45, 2.75) is 26.3 Å². The highest BCUT2D eigenvalue weighted by Gasteiger charge is 2.03. The summed E-state index contributed by atoms with van der Waals surface area (Å²) in [4.78, 5) is 15.8. The molecule has 0 unspecified atom stereocenters. The molecule has 1 amide bonds. The van der Waals surface area contributed by atoms with Crippen LogP contribution in [-0.4, -0.2) is 10.9 Å². The van der Waals surface area contributed by atoms with E-state index in [1.165, 1.54) is 11.1 Å². The number of amides is 1. The van der Waals surface area contributed by atoms with Gasteiger partial charge in [-0.25, -0.2) is 0 Å². The smallest absolute Gasteiger partial charge is 0.220 e. The fourth-order valence-corrected chi connectivity index (χ4v) is 1.93. The lowest BCUT2D eigenvalue weighted by atomic mass is 10.0. The molecule has 0 saturated carbocycles. The predicted octanol–water partition coefficient (Wildman–Crippen LogP) is 2.64. The van der Waals surface area contributed by atoms with E-state index in [9.17, 15) is 4.79 Å². The van der Waals surface area contributed by atoms with Crippen LogP contribution in [0.25, 0.3) is 0 Å². The van der Waals surface area contributed by atoms with E-state index in [0.717, 1.165) is 12.0 Å². The number of benzene rings is 1. The lowest BCUT2D eigenvalue weighted by Crippen LogP contribution is -2.23. The van der Waals surface area contributed by atoms with Gasteiger partial charge in [-0.15, -0.1) is 0 Å². The Kier molecular flexibility index (Phi) is 4.67. The molecular weight excluding hydrogens is 236 g/mol. The fourth-order valence-electron chi connectivity index (χ4n) is 1.93. The standard InChI is InChI=1S/C16H18N2O/c1-13-5-2-3-7-15(13)8-9-16(19)18-12-14-6-4-10-17-11-14/h2-7,10-11H,8-9,12H2,1H3,(H,18,19). The van der Waals surface area contributed by atoms with Crippen molar-refractivity contribution in [2.75, 3.05) is 0 Å². The van der Waals surface area contributed by atoms with Gasteiger partial charge in [-0.1, -0.05) is 30.3 Å². The normalized spacial score (nSPS) is 10.2. The zero-order valence-corrected chi connectivity index (χ0v) is 11.1. The molecule has 0 fully saturated rings. The van der Waals surface area contributed by atoms with Gasteiger partial charge in [-0.2, -0.15) is 0 Å². The number of rotatable bonds is 5. The first-order chi connectivity index (χ1) is 9.25. The molecule has 0 spiro atoms. The van der Waals surface area contributed by atoms with Crippen LogP contribution >= 0.6 is 0 Å². The Morgan fingerprint density at radius 3 is 2.79 bits per heavy atom. The minimum atomic E-state index is 0.0760. The maximum Gasteiger partial charge on any atom is 0.220 e. The SMILES string of the molecule is Cc1ccccc1CCC(=O)NCc1cccnc1. The summed E-state index contributed by atoms with van der Waals surface area (Å²) < 4.78 is 0. The molecule has 1 aromatic heterocycles. The molecule has 0 bridgehead atoms. The van der Waals surface area contributed by atoms with Gasteiger partial charge in [0.15, 0.2) is 0 Å². The summed E-state index contributed by atoms with van der Waals surface area (Å²) in [7, 11) is 0. The molecule has 19 heavy (non-hydrogen) atoms. The van der Waals surface area contributed by atoms with Crippen LogP contribution in [0.1, 0.15) is 23.1 Å². The molecule has 3 nitrogen and oxygen atoms in total. The number of carbonyl (C=O) groups excluding carboxylic acids is 1. The quantitative estimate of drug-likeness (QED) is 0.891. The highest BCUT2D eigenvalue weighted by Crippen LogP contribution is 2.09. The second kappa shape index (κ2) is 6.69. The third-order valence-corrected chi connectivity index (χ3v) is 3.10. The molecule has 3 heteroatoms. The summed E-state index contributed by atoms with van der Waals surface area (Å²) in [5.41, 5.74) is 3.49. The Balaban J connectivity index is 1.78. The molecule has 1 heterocycles. The monoisotopic (exact) mass is 254 g/mol. The first kappa shape index (κ1) is 13.3. The van der Waals surface area contributed by atoms with E-state index in [-0.39, 0.29) is 5.91 Å². The van der Waals surface area contributed by atoms with E-state index in [1.54, 1.807) is 12.4 Å². The molecule has 98 valence electrons. The van der Waals surface area contributed by atoms with Crippen LogP contribution < -0.4 is 5.32 Å². The molecule has 2 rings (SSSR count). The minimum Gasteiger partial charge on any atom is -0.352 e. The van der Waals surface area contributed by atoms with Crippen molar-refractivity contribution in [1.29, 1.82) is 0 Å². The summed E-state index contributed by atoms with van der Waals surface area (Å²) in [6, 6.07) is 12.0. The van der Waals surface area contributed by atoms with Crippen molar-refractivity contribution in [1.82, 2.24) is 10.3 Å². The van der Waals surface area contributed by atoms with Crippen molar-refractivity contribution < 1.29 is 4.79 Å². The summed E-state index contributed by atoms with van der Waals surface area (Å²) in [5, 5.41) is 2.91. The number of aromatic nitrogens is 1. The van der Waals surface area contributed by atoms with Crippen LogP contribution in [0, 0.1) is 6.92 Å². The van der Waals surface area contributed by atoms with E-state index in [4.69, 9.17) is 0 Å². The summed E-state index contributed by atoms with van der Waals surface area (Å²) >= 11 is 0. The summed E-state index contributed by atoms with van der Waals surface area (Å²) in [6.07, 6.45) is 4.79. The first-order valence-corrected chi connectivity index (χ1v) is 6.46. The highest BCUT2D eigenvalue weighted by molar-refractivity contribution is 5.76. The largest absolute Gasteiger partial charge is 0.352 e. The van der Waals surface area contributed by atoms with E-state index < -0.39 is 0 Å². The zero-order chi connectivity index (χ0) is 13.5. The average molecular weight is 254 g/mol. The van der Waals surface area contributed by atoms with E-state index in [2.05, 4.69) is 29.4 Å². The summed E-state index contributed by atoms with van der Waals surface area (Å²) in [5.74, 6) is 0.0760. The van der Waals surface area contributed by atoms with Crippen LogP contribution in [0.4, 0.5) is 0 Å². The number of carbonyl (C=O) groups is 1. The van der Waals surface area contributed by atoms with Crippen LogP contribution in [0.15, 0.2) is 48.8 Å². The number of nitrogens with one attached hydrogen (secondary N) is 1. The fraction of sp³-hybridized carbons (Fsp3) is 0.250. The van der Waals surface area contributed by atoms with Crippen LogP contribution in [-0.2, 0) is 17.8 Å². The molecular formula is C16H18N2O. The number of nitrogens with zero attached hydrogens (tertiary/aromatic N) is 1. The third-order valence-electron chi connectivity index (χ3n) is 3.10. The van der Waals surface area contributed by atoms with Crippen LogP contribution in [0.3, 0.4) is 0 Å². The van der Waals surface area contributed by atoms with Crippen LogP contribution in [0.2, 0.25) is 0 Å². The lowest BCUT2D eigenvalue weighted by molar-refractivity contribution is -0.121. The Morgan fingerprint density at radius 1 is 1.21 bits per heavy atom. The van der Waals surface area contributed by atoms with Crippen molar-refractivity contribution >= 4 is 5.91 Å². The van der Waals surface area contributed by atoms with E-state index in [0.29, 0.717) is 13.0 Å². The van der Waals surface area contributed by atoms with Gasteiger partial charge in [0.05, 0.1) is 0 Å². The molecule has 0 aliphatic carbocycles. The van der Waals surface area contributed by atoms with Gasteiger partial charge in [0.1, 0.15) is 0 Å². The second-order valence-corrected chi connectivity index (χ2v) is 4.56. The molecule has 1 N–H and O–H groups in total. The van der Waals surface area contributed by atoms with Crippen molar-refractivity contribution in [3.8, 4) is 0 Å². The molecule has 0 atom stereocenters. The van der Waals surface area contributed by atoms with E-state index >= 15 is 0 Å². The maximum atomic E-state index is 11.8. The molecule has 0 aliphatic rings. The van der Waals surface area contributed by atoms with Crippen LogP contribution in [0.5, 0.6) is 0 Å². The van der Waals surface area contributed by atoms with Gasteiger partial charge in [0, 0.05) is 25.4 Å². The number of hydrogen-bond acceptors (Lipinski definition) is 2. The molecule has 0 radical (unpaired) electrons. The molecule has 1 aromatic carbocycles. The Morgan fingerprint density at radius 2 is 2.05 bits per heavy atom. The predicted molar refractivity (Wildman–Crippen MR) is 75.6 cm³/mol. The average Bonchev–Trinajstić information content (AvgIpc) is 2.45. The molecule has 2 aromatic rings. The summed E-state index contributed by atoms with van der Waals surface area (Å²) in [6.45, 7) is 2.61. The van der Waals surface area contributed by atoms with Crippen molar-refractivity contribution in [3.05, 3.63) is 65.5 Å². The first-order valence-electron chi connectivity index (χ1n) is 6.46. The Hall–Kier alpha value is -2.16.